The molecule has 0 aromatic carbocycles. The quantitative estimate of drug-likeness (QED) is 0.504. The molecule has 0 unspecified atom stereocenters. The number of alkyl halides is 1. The molecule has 0 aromatic rings. The number of thioether (sulfide) groups is 1. The van der Waals surface area contributed by atoms with Gasteiger partial charge in [-0.05, 0) is 24.9 Å². The molecule has 0 aliphatic rings. The molecule has 0 heterocycles. The fourth-order valence-corrected chi connectivity index (χ4v) is 1.91. The third-order valence-corrected chi connectivity index (χ3v) is 3.02. The highest BCUT2D eigenvalue weighted by Gasteiger charge is 2.05. The Morgan fingerprint density at radius 2 is 1.88 bits per heavy atom. The second-order valence-electron chi connectivity index (χ2n) is 3.65. The van der Waals surface area contributed by atoms with Gasteiger partial charge in [0.25, 0.3) is 0 Å². The van der Waals surface area contributed by atoms with E-state index in [1.54, 1.807) is 0 Å². The van der Waals surface area contributed by atoms with E-state index in [1.165, 1.54) is 18.6 Å². The maximum Gasteiger partial charge on any atom is 0.321 e. The molecule has 6 heteroatoms. The van der Waals surface area contributed by atoms with Gasteiger partial charge in [0.15, 0.2) is 0 Å². The van der Waals surface area contributed by atoms with Crippen LogP contribution < -0.4 is 10.6 Å². The van der Waals surface area contributed by atoms with Crippen molar-refractivity contribution in [3.05, 3.63) is 0 Å². The van der Waals surface area contributed by atoms with E-state index in [2.05, 4.69) is 16.9 Å². The summed E-state index contributed by atoms with van der Waals surface area (Å²) >= 11 is 7.23. The Hall–Kier alpha value is -0.420. The van der Waals surface area contributed by atoms with Crippen LogP contribution >= 0.6 is 23.4 Å². The third kappa shape index (κ3) is 11.8. The molecule has 0 aromatic heterocycles. The molecule has 0 fully saturated rings. The van der Waals surface area contributed by atoms with Gasteiger partial charge in [-0.15, -0.1) is 11.6 Å². The Morgan fingerprint density at radius 3 is 2.53 bits per heavy atom. The molecule has 4 nitrogen and oxygen atoms in total. The van der Waals surface area contributed by atoms with Gasteiger partial charge in [0.2, 0.25) is 5.91 Å². The zero-order chi connectivity index (χ0) is 12.9. The highest BCUT2D eigenvalue weighted by molar-refractivity contribution is 7.98. The summed E-state index contributed by atoms with van der Waals surface area (Å²) in [7, 11) is 0. The molecule has 0 rings (SSSR count). The summed E-state index contributed by atoms with van der Waals surface area (Å²) in [5.41, 5.74) is 0. The molecule has 17 heavy (non-hydrogen) atoms. The van der Waals surface area contributed by atoms with E-state index in [9.17, 15) is 9.59 Å². The Labute approximate surface area is 112 Å². The van der Waals surface area contributed by atoms with Crippen LogP contribution in [0.3, 0.4) is 0 Å². The molecule has 0 spiro atoms. The number of halogens is 1. The molecule has 0 saturated heterocycles. The molecule has 0 aliphatic carbocycles. The Bertz CT molecular complexity index is 228. The third-order valence-electron chi connectivity index (χ3n) is 2.14. The Morgan fingerprint density at radius 1 is 1.18 bits per heavy atom. The molecule has 2 N–H and O–H groups in total. The topological polar surface area (TPSA) is 58.2 Å². The molecule has 0 bridgehead atoms. The number of carbonyl (C=O) groups excluding carboxylic acids is 2. The van der Waals surface area contributed by atoms with Gasteiger partial charge < -0.3 is 5.32 Å². The number of imide groups is 1. The highest BCUT2D eigenvalue weighted by Crippen LogP contribution is 2.03. The lowest BCUT2D eigenvalue weighted by Crippen LogP contribution is -2.39. The fraction of sp³-hybridized carbons (Fsp3) is 0.818. The maximum atomic E-state index is 11.2. The average molecular weight is 281 g/mol. The lowest BCUT2D eigenvalue weighted by Gasteiger charge is -2.05. The van der Waals surface area contributed by atoms with Crippen molar-refractivity contribution in [2.75, 3.05) is 24.4 Å². The summed E-state index contributed by atoms with van der Waals surface area (Å²) in [5, 5.41) is 4.86. The van der Waals surface area contributed by atoms with Crippen LogP contribution in [0.25, 0.3) is 0 Å². The van der Waals surface area contributed by atoms with Crippen molar-refractivity contribution in [1.29, 1.82) is 0 Å². The minimum atomic E-state index is -0.427. The summed E-state index contributed by atoms with van der Waals surface area (Å²) in [5.74, 6) is 1.09. The van der Waals surface area contributed by atoms with E-state index in [0.717, 1.165) is 12.8 Å². The van der Waals surface area contributed by atoms with Gasteiger partial charge in [0, 0.05) is 18.8 Å². The summed E-state index contributed by atoms with van der Waals surface area (Å²) in [6.45, 7) is 0.610. The largest absolute Gasteiger partial charge is 0.338 e. The van der Waals surface area contributed by atoms with Crippen LogP contribution in [0.15, 0.2) is 0 Å². The molecule has 0 saturated carbocycles. The van der Waals surface area contributed by atoms with Crippen LogP contribution in [0.2, 0.25) is 0 Å². The first-order valence-corrected chi connectivity index (χ1v) is 7.76. The van der Waals surface area contributed by atoms with Gasteiger partial charge in [0.1, 0.15) is 0 Å². The van der Waals surface area contributed by atoms with Gasteiger partial charge in [-0.3, -0.25) is 10.1 Å². The minimum absolute atomic E-state index is 0.170. The molecule has 0 radical (unpaired) electrons. The number of hydrogen-bond acceptors (Lipinski definition) is 3. The van der Waals surface area contributed by atoms with Crippen molar-refractivity contribution in [3.63, 3.8) is 0 Å². The SMILES string of the molecule is CSCCCCCCNC(=O)NC(=O)CCCl. The smallest absolute Gasteiger partial charge is 0.321 e. The number of nitrogens with one attached hydrogen (secondary N) is 2. The number of urea groups is 1. The van der Waals surface area contributed by atoms with Crippen LogP contribution in [0.4, 0.5) is 4.79 Å². The van der Waals surface area contributed by atoms with Crippen molar-refractivity contribution >= 4 is 35.3 Å². The van der Waals surface area contributed by atoms with Crippen molar-refractivity contribution in [1.82, 2.24) is 10.6 Å². The highest BCUT2D eigenvalue weighted by atomic mass is 35.5. The van der Waals surface area contributed by atoms with Gasteiger partial charge in [-0.1, -0.05) is 12.8 Å². The van der Waals surface area contributed by atoms with Crippen molar-refractivity contribution < 1.29 is 9.59 Å². The van der Waals surface area contributed by atoms with Crippen LogP contribution in [-0.2, 0) is 4.79 Å². The standard InChI is InChI=1S/C11H21ClN2O2S/c1-17-9-5-3-2-4-8-13-11(16)14-10(15)6-7-12/h2-9H2,1H3,(H2,13,14,15,16). The monoisotopic (exact) mass is 280 g/mol. The van der Waals surface area contributed by atoms with Crippen molar-refractivity contribution in [2.24, 2.45) is 0 Å². The normalized spacial score (nSPS) is 10.0. The summed E-state index contributed by atoms with van der Waals surface area (Å²) < 4.78 is 0. The first kappa shape index (κ1) is 16.6. The zero-order valence-corrected chi connectivity index (χ0v) is 11.8. The van der Waals surface area contributed by atoms with Crippen LogP contribution in [0.5, 0.6) is 0 Å². The Kier molecular flexibility index (Phi) is 11.8. The lowest BCUT2D eigenvalue weighted by atomic mass is 10.2. The van der Waals surface area contributed by atoms with Crippen LogP contribution in [0.1, 0.15) is 32.1 Å². The van der Waals surface area contributed by atoms with Crippen LogP contribution in [-0.4, -0.2) is 36.4 Å². The fourth-order valence-electron chi connectivity index (χ4n) is 1.25. The van der Waals surface area contributed by atoms with E-state index >= 15 is 0 Å². The first-order valence-electron chi connectivity index (χ1n) is 5.83. The van der Waals surface area contributed by atoms with E-state index in [1.807, 2.05) is 11.8 Å². The summed E-state index contributed by atoms with van der Waals surface area (Å²) in [6, 6.07) is -0.427. The number of carbonyl (C=O) groups is 2. The maximum absolute atomic E-state index is 11.2. The molecular formula is C11H21ClN2O2S. The second kappa shape index (κ2) is 12.0. The average Bonchev–Trinajstić information content (AvgIpc) is 2.28. The molecule has 3 amide bonds. The van der Waals surface area contributed by atoms with E-state index < -0.39 is 6.03 Å². The summed E-state index contributed by atoms with van der Waals surface area (Å²) in [4.78, 5) is 22.2. The molecule has 100 valence electrons. The van der Waals surface area contributed by atoms with Gasteiger partial charge in [-0.25, -0.2) is 4.79 Å². The molecule has 0 atom stereocenters. The Balaban J connectivity index is 3.30. The van der Waals surface area contributed by atoms with Crippen molar-refractivity contribution in [3.8, 4) is 0 Å². The lowest BCUT2D eigenvalue weighted by molar-refractivity contribution is -0.119. The minimum Gasteiger partial charge on any atom is -0.338 e. The number of unbranched alkanes of at least 4 members (excludes halogenated alkanes) is 3. The van der Waals surface area contributed by atoms with Crippen LogP contribution in [0, 0.1) is 0 Å². The predicted molar refractivity (Wildman–Crippen MR) is 73.7 cm³/mol. The molecule has 0 aliphatic heterocycles. The first-order chi connectivity index (χ1) is 8.20. The number of amides is 3. The van der Waals surface area contributed by atoms with E-state index in [-0.39, 0.29) is 18.2 Å². The second-order valence-corrected chi connectivity index (χ2v) is 5.01. The zero-order valence-electron chi connectivity index (χ0n) is 10.3. The van der Waals surface area contributed by atoms with E-state index in [0.29, 0.717) is 6.54 Å². The van der Waals surface area contributed by atoms with Gasteiger partial charge in [-0.2, -0.15) is 11.8 Å². The number of hydrogen-bond donors (Lipinski definition) is 2. The number of rotatable bonds is 9. The van der Waals surface area contributed by atoms with Gasteiger partial charge in [0.05, 0.1) is 0 Å². The van der Waals surface area contributed by atoms with Gasteiger partial charge >= 0.3 is 6.03 Å². The molecular weight excluding hydrogens is 260 g/mol. The summed E-state index contributed by atoms with van der Waals surface area (Å²) in [6.07, 6.45) is 6.74. The predicted octanol–water partition coefficient (Wildman–Crippen LogP) is 2.36. The van der Waals surface area contributed by atoms with E-state index in [4.69, 9.17) is 11.6 Å². The van der Waals surface area contributed by atoms with Crippen molar-refractivity contribution in [2.45, 2.75) is 32.1 Å².